The van der Waals surface area contributed by atoms with Gasteiger partial charge >= 0.3 is 0 Å². The van der Waals surface area contributed by atoms with Crippen LogP contribution in [0.3, 0.4) is 0 Å². The minimum Gasteiger partial charge on any atom is -0.396 e. The Morgan fingerprint density at radius 2 is 1.91 bits per heavy atom. The number of oxime groups is 1. The summed E-state index contributed by atoms with van der Waals surface area (Å²) in [6, 6.07) is 11.6. The van der Waals surface area contributed by atoms with Gasteiger partial charge in [0.1, 0.15) is 12.3 Å². The molecule has 0 bridgehead atoms. The van der Waals surface area contributed by atoms with Crippen LogP contribution in [0.2, 0.25) is 0 Å². The summed E-state index contributed by atoms with van der Waals surface area (Å²) in [7, 11) is 0. The Morgan fingerprint density at radius 3 is 2.58 bits per heavy atom. The Labute approximate surface area is 191 Å². The summed E-state index contributed by atoms with van der Waals surface area (Å²) < 4.78 is 27.1. The molecule has 0 saturated carbocycles. The molecule has 0 atom stereocenters. The van der Waals surface area contributed by atoms with Crippen molar-refractivity contribution < 1.29 is 13.6 Å². The number of rotatable bonds is 7. The number of anilines is 1. The predicted molar refractivity (Wildman–Crippen MR) is 122 cm³/mol. The molecule has 2 aliphatic heterocycles. The molecule has 3 aromatic rings. The van der Waals surface area contributed by atoms with Crippen molar-refractivity contribution in [2.24, 2.45) is 10.6 Å². The standard InChI is InChI=1S/C25H25F2N5O/c1-2-33-30-24(19-6-7-21(26)22(27)10-19)23-8-5-18(11-29-23)13-31-14-25(15-31)16-32(17-25)20-4-3-9-28-12-20/h3-12H,2,13-17H2,1H3/b30-24+. The molecule has 0 N–H and O–H groups in total. The lowest BCUT2D eigenvalue weighted by Crippen LogP contribution is -2.71. The first-order chi connectivity index (χ1) is 16.0. The molecular weight excluding hydrogens is 424 g/mol. The van der Waals surface area contributed by atoms with Gasteiger partial charge in [-0.05, 0) is 48.9 Å². The second-order valence-electron chi connectivity index (χ2n) is 8.75. The van der Waals surface area contributed by atoms with Crippen LogP contribution in [0.5, 0.6) is 0 Å². The molecular formula is C25H25F2N5O. The monoisotopic (exact) mass is 449 g/mol. The molecule has 0 unspecified atom stereocenters. The summed E-state index contributed by atoms with van der Waals surface area (Å²) in [6.45, 7) is 7.26. The zero-order chi connectivity index (χ0) is 22.8. The van der Waals surface area contributed by atoms with Gasteiger partial charge in [0, 0.05) is 56.1 Å². The average molecular weight is 450 g/mol. The SMILES string of the molecule is CCO/N=C(\c1ccc(F)c(F)c1)c1ccc(CN2CC3(C2)CN(c2cccnc2)C3)cn1. The fraction of sp³-hybridized carbons (Fsp3) is 0.320. The summed E-state index contributed by atoms with van der Waals surface area (Å²) in [6.07, 6.45) is 5.53. The van der Waals surface area contributed by atoms with E-state index in [0.29, 0.717) is 29.0 Å². The third-order valence-corrected chi connectivity index (χ3v) is 6.13. The van der Waals surface area contributed by atoms with Crippen LogP contribution < -0.4 is 4.90 Å². The summed E-state index contributed by atoms with van der Waals surface area (Å²) in [5.41, 5.74) is 3.99. The molecule has 2 fully saturated rings. The van der Waals surface area contributed by atoms with Crippen LogP contribution in [0, 0.1) is 17.0 Å². The highest BCUT2D eigenvalue weighted by Crippen LogP contribution is 2.42. The van der Waals surface area contributed by atoms with Crippen molar-refractivity contribution in [3.63, 3.8) is 0 Å². The highest BCUT2D eigenvalue weighted by Gasteiger charge is 2.51. The van der Waals surface area contributed by atoms with E-state index >= 15 is 0 Å². The van der Waals surface area contributed by atoms with E-state index < -0.39 is 11.6 Å². The Kier molecular flexibility index (Phi) is 5.76. The lowest BCUT2D eigenvalue weighted by atomic mass is 9.72. The van der Waals surface area contributed by atoms with Crippen molar-refractivity contribution in [1.29, 1.82) is 0 Å². The number of pyridine rings is 2. The maximum Gasteiger partial charge on any atom is 0.159 e. The van der Waals surface area contributed by atoms with E-state index in [4.69, 9.17) is 4.84 Å². The Balaban J connectivity index is 1.20. The summed E-state index contributed by atoms with van der Waals surface area (Å²) in [4.78, 5) is 18.7. The van der Waals surface area contributed by atoms with Crippen molar-refractivity contribution in [2.75, 3.05) is 37.7 Å². The predicted octanol–water partition coefficient (Wildman–Crippen LogP) is 3.87. The molecule has 0 aliphatic carbocycles. The minimum atomic E-state index is -0.932. The van der Waals surface area contributed by atoms with Gasteiger partial charge in [-0.25, -0.2) is 8.78 Å². The lowest BCUT2D eigenvalue weighted by Gasteiger charge is -2.61. The maximum absolute atomic E-state index is 13.7. The van der Waals surface area contributed by atoms with Crippen molar-refractivity contribution >= 4 is 11.4 Å². The quantitative estimate of drug-likeness (QED) is 0.405. The van der Waals surface area contributed by atoms with Crippen LogP contribution in [-0.2, 0) is 11.4 Å². The first kappa shape index (κ1) is 21.5. The van der Waals surface area contributed by atoms with Gasteiger partial charge in [0.25, 0.3) is 0 Å². The molecule has 6 nitrogen and oxygen atoms in total. The van der Waals surface area contributed by atoms with Gasteiger partial charge in [0.15, 0.2) is 11.6 Å². The van der Waals surface area contributed by atoms with Crippen molar-refractivity contribution in [1.82, 2.24) is 14.9 Å². The van der Waals surface area contributed by atoms with E-state index in [-0.39, 0.29) is 0 Å². The Morgan fingerprint density at radius 1 is 1.06 bits per heavy atom. The van der Waals surface area contributed by atoms with E-state index in [1.165, 1.54) is 11.8 Å². The number of hydrogen-bond donors (Lipinski definition) is 0. The molecule has 170 valence electrons. The fourth-order valence-corrected chi connectivity index (χ4v) is 4.64. The van der Waals surface area contributed by atoms with Gasteiger partial charge < -0.3 is 9.74 Å². The highest BCUT2D eigenvalue weighted by molar-refractivity contribution is 6.11. The highest BCUT2D eigenvalue weighted by atomic mass is 19.2. The fourth-order valence-electron chi connectivity index (χ4n) is 4.64. The van der Waals surface area contributed by atoms with E-state index in [0.717, 1.165) is 50.4 Å². The Bertz CT molecular complexity index is 1140. The number of benzene rings is 1. The normalized spacial score (nSPS) is 17.5. The molecule has 33 heavy (non-hydrogen) atoms. The molecule has 1 spiro atoms. The summed E-state index contributed by atoms with van der Waals surface area (Å²) in [5.74, 6) is -1.83. The van der Waals surface area contributed by atoms with E-state index in [9.17, 15) is 8.78 Å². The third kappa shape index (κ3) is 4.43. The first-order valence-electron chi connectivity index (χ1n) is 11.0. The van der Waals surface area contributed by atoms with E-state index in [1.807, 2.05) is 30.6 Å². The second kappa shape index (κ2) is 8.86. The number of halogens is 2. The van der Waals surface area contributed by atoms with Crippen LogP contribution >= 0.6 is 0 Å². The van der Waals surface area contributed by atoms with Crippen LogP contribution in [0.1, 0.15) is 23.7 Å². The zero-order valence-electron chi connectivity index (χ0n) is 18.4. The average Bonchev–Trinajstić information content (AvgIpc) is 2.78. The molecule has 0 radical (unpaired) electrons. The van der Waals surface area contributed by atoms with Crippen molar-refractivity contribution in [3.8, 4) is 0 Å². The van der Waals surface area contributed by atoms with Gasteiger partial charge in [-0.15, -0.1) is 0 Å². The summed E-state index contributed by atoms with van der Waals surface area (Å²) >= 11 is 0. The largest absolute Gasteiger partial charge is 0.396 e. The lowest BCUT2D eigenvalue weighted by molar-refractivity contribution is -0.0274. The maximum atomic E-state index is 13.7. The molecule has 5 rings (SSSR count). The third-order valence-electron chi connectivity index (χ3n) is 6.13. The minimum absolute atomic E-state index is 0.361. The topological polar surface area (TPSA) is 53.9 Å². The number of hydrogen-bond acceptors (Lipinski definition) is 6. The van der Waals surface area contributed by atoms with Gasteiger partial charge in [-0.1, -0.05) is 11.2 Å². The van der Waals surface area contributed by atoms with Gasteiger partial charge in [0.05, 0.1) is 17.6 Å². The Hall–Kier alpha value is -3.39. The zero-order valence-corrected chi connectivity index (χ0v) is 18.4. The molecule has 2 saturated heterocycles. The van der Waals surface area contributed by atoms with Gasteiger partial charge in [-0.3, -0.25) is 14.9 Å². The van der Waals surface area contributed by atoms with Crippen LogP contribution in [0.25, 0.3) is 0 Å². The molecule has 4 heterocycles. The summed E-state index contributed by atoms with van der Waals surface area (Å²) in [5, 5.41) is 4.09. The van der Waals surface area contributed by atoms with Crippen molar-refractivity contribution in [2.45, 2.75) is 13.5 Å². The molecule has 2 aliphatic rings. The first-order valence-corrected chi connectivity index (χ1v) is 11.0. The number of nitrogens with zero attached hydrogens (tertiary/aromatic N) is 5. The molecule has 8 heteroatoms. The smallest absolute Gasteiger partial charge is 0.159 e. The van der Waals surface area contributed by atoms with Crippen LogP contribution in [0.4, 0.5) is 14.5 Å². The van der Waals surface area contributed by atoms with Crippen LogP contribution in [-0.4, -0.2) is 53.4 Å². The van der Waals surface area contributed by atoms with Crippen LogP contribution in [0.15, 0.2) is 66.2 Å². The van der Waals surface area contributed by atoms with Crippen molar-refractivity contribution in [3.05, 3.63) is 89.5 Å². The molecule has 2 aromatic heterocycles. The number of aromatic nitrogens is 2. The number of likely N-dealkylation sites (tertiary alicyclic amines) is 1. The second-order valence-corrected chi connectivity index (χ2v) is 8.75. The molecule has 0 amide bonds. The van der Waals surface area contributed by atoms with Gasteiger partial charge in [0.2, 0.25) is 0 Å². The van der Waals surface area contributed by atoms with E-state index in [1.54, 1.807) is 13.1 Å². The van der Waals surface area contributed by atoms with Gasteiger partial charge in [-0.2, -0.15) is 0 Å². The van der Waals surface area contributed by atoms with E-state index in [2.05, 4.69) is 31.0 Å². The molecule has 1 aromatic carbocycles.